The minimum absolute atomic E-state index is 0.00473. The predicted molar refractivity (Wildman–Crippen MR) is 78.0 cm³/mol. The zero-order valence-electron chi connectivity index (χ0n) is 10.8. The molecule has 2 aromatic carbocycles. The number of ketones is 1. The van der Waals surface area contributed by atoms with E-state index in [0.29, 0.717) is 28.3 Å². The Bertz CT molecular complexity index is 711. The van der Waals surface area contributed by atoms with Crippen molar-refractivity contribution in [3.63, 3.8) is 0 Å². The van der Waals surface area contributed by atoms with Crippen LogP contribution in [0.15, 0.2) is 24.3 Å². The number of phenols is 2. The molecule has 104 valence electrons. The van der Waals surface area contributed by atoms with Gasteiger partial charge in [0.2, 0.25) is 0 Å². The quantitative estimate of drug-likeness (QED) is 0.752. The van der Waals surface area contributed by atoms with E-state index in [1.807, 2.05) is 0 Å². The second-order valence-electron chi connectivity index (χ2n) is 4.96. The fourth-order valence-corrected chi connectivity index (χ4v) is 3.74. The third kappa shape index (κ3) is 1.94. The van der Waals surface area contributed by atoms with Crippen molar-refractivity contribution in [1.29, 1.82) is 0 Å². The lowest BCUT2D eigenvalue weighted by Crippen LogP contribution is -2.24. The van der Waals surface area contributed by atoms with E-state index < -0.39 is 5.44 Å². The number of fused-ring (bicyclic) bond motifs is 2. The van der Waals surface area contributed by atoms with Gasteiger partial charge in [-0.1, -0.05) is 12.1 Å². The van der Waals surface area contributed by atoms with Crippen LogP contribution < -0.4 is 0 Å². The molecule has 0 aliphatic carbocycles. The molecule has 1 heterocycles. The Labute approximate surface area is 120 Å². The number of hydrogen-bond acceptors (Lipinski definition) is 5. The number of aliphatic hydroxyl groups excluding tert-OH is 1. The summed E-state index contributed by atoms with van der Waals surface area (Å²) in [6.45, 7) is 1.48. The molecule has 3 N–H and O–H groups in total. The van der Waals surface area contributed by atoms with Crippen molar-refractivity contribution in [1.82, 2.24) is 0 Å². The third-order valence-electron chi connectivity index (χ3n) is 3.66. The summed E-state index contributed by atoms with van der Waals surface area (Å²) in [5.41, 5.74) is 0.318. The molecular formula is C15H14O4S. The lowest BCUT2D eigenvalue weighted by Gasteiger charge is -2.28. The maximum absolute atomic E-state index is 11.5. The maximum atomic E-state index is 11.5. The van der Waals surface area contributed by atoms with Gasteiger partial charge in [0, 0.05) is 5.56 Å². The molecule has 3 rings (SSSR count). The smallest absolute Gasteiger partial charge is 0.143 e. The molecule has 0 aromatic heterocycles. The van der Waals surface area contributed by atoms with Crippen molar-refractivity contribution < 1.29 is 20.1 Å². The molecule has 0 spiro atoms. The second-order valence-corrected chi connectivity index (χ2v) is 6.25. The molecule has 2 atom stereocenters. The minimum Gasteiger partial charge on any atom is -0.507 e. The van der Waals surface area contributed by atoms with Crippen LogP contribution in [0.4, 0.5) is 0 Å². The molecule has 1 aliphatic rings. The highest BCUT2D eigenvalue weighted by molar-refractivity contribution is 8.00. The number of benzene rings is 2. The summed E-state index contributed by atoms with van der Waals surface area (Å²) >= 11 is 1.19. The van der Waals surface area contributed by atoms with Crippen LogP contribution >= 0.6 is 11.8 Å². The van der Waals surface area contributed by atoms with Gasteiger partial charge in [0.1, 0.15) is 22.7 Å². The SMILES string of the molecule is CC(=O)[C@@H]1Cc2c(cc3cccc(O)c3c2O)[C@@H](O)S1. The van der Waals surface area contributed by atoms with Crippen molar-refractivity contribution in [2.45, 2.75) is 24.0 Å². The number of phenolic OH excluding ortho intramolecular Hbond substituents is 2. The van der Waals surface area contributed by atoms with Gasteiger partial charge < -0.3 is 15.3 Å². The second kappa shape index (κ2) is 4.68. The van der Waals surface area contributed by atoms with Gasteiger partial charge in [0.25, 0.3) is 0 Å². The third-order valence-corrected chi connectivity index (χ3v) is 5.00. The van der Waals surface area contributed by atoms with Crippen molar-refractivity contribution in [2.75, 3.05) is 0 Å². The van der Waals surface area contributed by atoms with E-state index in [1.54, 1.807) is 18.2 Å². The maximum Gasteiger partial charge on any atom is 0.143 e. The Morgan fingerprint density at radius 1 is 1.35 bits per heavy atom. The average molecular weight is 290 g/mol. The van der Waals surface area contributed by atoms with Crippen molar-refractivity contribution in [3.8, 4) is 11.5 Å². The Balaban J connectivity index is 2.26. The van der Waals surface area contributed by atoms with E-state index >= 15 is 0 Å². The molecule has 0 saturated carbocycles. The summed E-state index contributed by atoms with van der Waals surface area (Å²) in [4.78, 5) is 11.5. The summed E-state index contributed by atoms with van der Waals surface area (Å²) in [6.07, 6.45) is 0.364. The molecule has 0 radical (unpaired) electrons. The lowest BCUT2D eigenvalue weighted by molar-refractivity contribution is -0.116. The minimum atomic E-state index is -0.842. The van der Waals surface area contributed by atoms with Gasteiger partial charge in [-0.2, -0.15) is 0 Å². The van der Waals surface area contributed by atoms with Crippen LogP contribution in [0.1, 0.15) is 23.5 Å². The molecular weight excluding hydrogens is 276 g/mol. The summed E-state index contributed by atoms with van der Waals surface area (Å²) in [5, 5.41) is 31.1. The first-order valence-electron chi connectivity index (χ1n) is 6.29. The van der Waals surface area contributed by atoms with Crippen molar-refractivity contribution in [3.05, 3.63) is 35.4 Å². The molecule has 0 unspecified atom stereocenters. The highest BCUT2D eigenvalue weighted by Crippen LogP contribution is 2.47. The molecule has 5 heteroatoms. The fraction of sp³-hybridized carbons (Fsp3) is 0.267. The average Bonchev–Trinajstić information content (AvgIpc) is 2.39. The van der Waals surface area contributed by atoms with Crippen LogP contribution in [0.2, 0.25) is 0 Å². The Kier molecular flexibility index (Phi) is 3.11. The Hall–Kier alpha value is -1.72. The van der Waals surface area contributed by atoms with Gasteiger partial charge in [0.05, 0.1) is 10.6 Å². The molecule has 0 amide bonds. The molecule has 20 heavy (non-hydrogen) atoms. The normalized spacial score (nSPS) is 21.7. The largest absolute Gasteiger partial charge is 0.507 e. The molecule has 0 bridgehead atoms. The van der Waals surface area contributed by atoms with Crippen LogP contribution in [-0.2, 0) is 11.2 Å². The van der Waals surface area contributed by atoms with Gasteiger partial charge in [-0.05, 0) is 36.4 Å². The van der Waals surface area contributed by atoms with Gasteiger partial charge in [0.15, 0.2) is 0 Å². The van der Waals surface area contributed by atoms with Gasteiger partial charge in [-0.15, -0.1) is 11.8 Å². The highest BCUT2D eigenvalue weighted by Gasteiger charge is 2.31. The molecule has 0 fully saturated rings. The standard InChI is InChI=1S/C15H14O4S/c1-7(16)12-6-9-10(15(19)20-12)5-8-3-2-4-11(17)13(8)14(9)18/h2-5,12,15,17-19H,6H2,1H3/t12-,15-/m0/s1. The number of aliphatic hydroxyl groups is 1. The summed E-state index contributed by atoms with van der Waals surface area (Å²) in [5.74, 6) is -0.0763. The highest BCUT2D eigenvalue weighted by atomic mass is 32.2. The molecule has 2 aromatic rings. The predicted octanol–water partition coefficient (Wildman–Crippen LogP) is 2.49. The van der Waals surface area contributed by atoms with Crippen molar-refractivity contribution in [2.24, 2.45) is 0 Å². The lowest BCUT2D eigenvalue weighted by atomic mass is 9.94. The summed E-state index contributed by atoms with van der Waals surface area (Å²) in [7, 11) is 0. The van der Waals surface area contributed by atoms with E-state index in [4.69, 9.17) is 0 Å². The monoisotopic (exact) mass is 290 g/mol. The van der Waals surface area contributed by atoms with E-state index in [1.165, 1.54) is 24.8 Å². The topological polar surface area (TPSA) is 77.8 Å². The van der Waals surface area contributed by atoms with Gasteiger partial charge in [-0.25, -0.2) is 0 Å². The Morgan fingerprint density at radius 2 is 2.10 bits per heavy atom. The first kappa shape index (κ1) is 13.3. The number of aromatic hydroxyl groups is 2. The number of hydrogen-bond donors (Lipinski definition) is 3. The number of rotatable bonds is 1. The Morgan fingerprint density at radius 3 is 2.80 bits per heavy atom. The van der Waals surface area contributed by atoms with Gasteiger partial charge >= 0.3 is 0 Å². The van der Waals surface area contributed by atoms with Crippen LogP contribution in [0.25, 0.3) is 10.8 Å². The van der Waals surface area contributed by atoms with Crippen molar-refractivity contribution >= 4 is 28.3 Å². The zero-order valence-corrected chi connectivity index (χ0v) is 11.6. The first-order valence-corrected chi connectivity index (χ1v) is 7.23. The number of thioether (sulfide) groups is 1. The fourth-order valence-electron chi connectivity index (χ4n) is 2.61. The van der Waals surface area contributed by atoms with E-state index in [-0.39, 0.29) is 22.5 Å². The molecule has 1 aliphatic heterocycles. The van der Waals surface area contributed by atoms with E-state index in [2.05, 4.69) is 0 Å². The summed E-state index contributed by atoms with van der Waals surface area (Å²) in [6, 6.07) is 6.72. The number of carbonyl (C=O) groups is 1. The van der Waals surface area contributed by atoms with E-state index in [0.717, 1.165) is 0 Å². The first-order chi connectivity index (χ1) is 9.49. The number of Topliss-reactive ketones (excluding diaryl/α,β-unsaturated/α-hetero) is 1. The molecule has 4 nitrogen and oxygen atoms in total. The van der Waals surface area contributed by atoms with Crippen LogP contribution in [0.3, 0.4) is 0 Å². The van der Waals surface area contributed by atoms with Crippen LogP contribution in [-0.4, -0.2) is 26.4 Å². The van der Waals surface area contributed by atoms with Crippen LogP contribution in [0, 0.1) is 0 Å². The van der Waals surface area contributed by atoms with Crippen LogP contribution in [0.5, 0.6) is 11.5 Å². The van der Waals surface area contributed by atoms with E-state index in [9.17, 15) is 20.1 Å². The number of carbonyl (C=O) groups excluding carboxylic acids is 1. The van der Waals surface area contributed by atoms with Gasteiger partial charge in [-0.3, -0.25) is 4.79 Å². The zero-order chi connectivity index (χ0) is 14.4. The summed E-state index contributed by atoms with van der Waals surface area (Å²) < 4.78 is 0. The molecule has 0 saturated heterocycles.